The Labute approximate surface area is 191 Å². The Balaban J connectivity index is 1.69. The molecule has 174 valence electrons. The quantitative estimate of drug-likeness (QED) is 0.522. The van der Waals surface area contributed by atoms with Crippen LogP contribution in [0.15, 0.2) is 24.3 Å². The number of H-pyrrole nitrogens is 1. The fourth-order valence-corrected chi connectivity index (χ4v) is 4.94. The average molecular weight is 455 g/mol. The summed E-state index contributed by atoms with van der Waals surface area (Å²) in [6.45, 7) is 11.0. The van der Waals surface area contributed by atoms with Crippen molar-refractivity contribution in [2.24, 2.45) is 0 Å². The van der Waals surface area contributed by atoms with Gasteiger partial charge in [-0.15, -0.1) is 0 Å². The van der Waals surface area contributed by atoms with Gasteiger partial charge < -0.3 is 20.3 Å². The van der Waals surface area contributed by atoms with Gasteiger partial charge in [-0.1, -0.05) is 6.07 Å². The summed E-state index contributed by atoms with van der Waals surface area (Å²) in [6, 6.07) is 5.87. The highest BCUT2D eigenvalue weighted by atomic mass is 19.1. The highest BCUT2D eigenvalue weighted by Gasteiger charge is 2.39. The molecular weight excluding hydrogens is 426 g/mol. The molecule has 1 saturated heterocycles. The largest absolute Gasteiger partial charge is 0.372 e. The zero-order chi connectivity index (χ0) is 23.5. The summed E-state index contributed by atoms with van der Waals surface area (Å²) in [4.78, 5) is 7.07. The maximum Gasteiger partial charge on any atom is 0.137 e. The van der Waals surface area contributed by atoms with Gasteiger partial charge in [0.05, 0.1) is 40.5 Å². The van der Waals surface area contributed by atoms with Crippen LogP contribution in [0.5, 0.6) is 0 Å². The van der Waals surface area contributed by atoms with Gasteiger partial charge >= 0.3 is 0 Å². The molecule has 0 saturated carbocycles. The van der Waals surface area contributed by atoms with Crippen LogP contribution >= 0.6 is 0 Å². The number of ether oxygens (including phenoxy) is 1. The lowest BCUT2D eigenvalue weighted by atomic mass is 9.99. The molecule has 0 amide bonds. The first-order chi connectivity index (χ1) is 15.7. The Bertz CT molecular complexity index is 1200. The van der Waals surface area contributed by atoms with E-state index in [9.17, 15) is 8.78 Å². The number of nitrogens with zero attached hydrogens (tertiary/aromatic N) is 3. The SMILES string of the molecule is Cc1nc(N2C[C@H](C)O[C@@H](C)C2)cc2c1NC(C)(c1c(F)cccc1F)Nc1c-2n[nH]c1C. The molecule has 0 bridgehead atoms. The second-order valence-electron chi connectivity index (χ2n) is 9.19. The van der Waals surface area contributed by atoms with Crippen molar-refractivity contribution in [3.8, 4) is 11.3 Å². The molecule has 9 heteroatoms. The van der Waals surface area contributed by atoms with E-state index in [-0.39, 0.29) is 17.8 Å². The van der Waals surface area contributed by atoms with Gasteiger partial charge in [-0.25, -0.2) is 13.8 Å². The van der Waals surface area contributed by atoms with Gasteiger partial charge in [0.2, 0.25) is 0 Å². The van der Waals surface area contributed by atoms with Gasteiger partial charge in [0.25, 0.3) is 0 Å². The predicted molar refractivity (Wildman–Crippen MR) is 124 cm³/mol. The molecule has 2 aliphatic heterocycles. The molecule has 3 aromatic rings. The van der Waals surface area contributed by atoms with Gasteiger partial charge in [-0.2, -0.15) is 5.10 Å². The topological polar surface area (TPSA) is 78.1 Å². The van der Waals surface area contributed by atoms with Crippen molar-refractivity contribution < 1.29 is 13.5 Å². The Morgan fingerprint density at radius 2 is 1.70 bits per heavy atom. The van der Waals surface area contributed by atoms with Crippen molar-refractivity contribution in [3.63, 3.8) is 0 Å². The molecule has 1 aromatic carbocycles. The zero-order valence-electron chi connectivity index (χ0n) is 19.4. The van der Waals surface area contributed by atoms with E-state index in [1.807, 2.05) is 33.8 Å². The van der Waals surface area contributed by atoms with E-state index in [0.717, 1.165) is 30.2 Å². The number of benzene rings is 1. The maximum atomic E-state index is 14.9. The summed E-state index contributed by atoms with van der Waals surface area (Å²) >= 11 is 0. The number of rotatable bonds is 2. The monoisotopic (exact) mass is 454 g/mol. The van der Waals surface area contributed by atoms with Crippen LogP contribution < -0.4 is 15.5 Å². The lowest BCUT2D eigenvalue weighted by molar-refractivity contribution is -0.00546. The van der Waals surface area contributed by atoms with Gasteiger partial charge in [-0.05, 0) is 52.8 Å². The average Bonchev–Trinajstić information content (AvgIpc) is 3.01. The molecule has 1 fully saturated rings. The predicted octanol–water partition coefficient (Wildman–Crippen LogP) is 4.69. The van der Waals surface area contributed by atoms with Gasteiger partial charge in [0.1, 0.15) is 28.8 Å². The van der Waals surface area contributed by atoms with Gasteiger partial charge in [-0.3, -0.25) is 5.10 Å². The molecule has 2 aliphatic rings. The third-order valence-corrected chi connectivity index (χ3v) is 6.35. The Kier molecular flexibility index (Phi) is 5.04. The van der Waals surface area contributed by atoms with E-state index in [1.54, 1.807) is 6.92 Å². The van der Waals surface area contributed by atoms with Crippen molar-refractivity contribution in [1.29, 1.82) is 0 Å². The number of halogens is 2. The number of morpholine rings is 1. The summed E-state index contributed by atoms with van der Waals surface area (Å²) in [5, 5.41) is 14.2. The molecule has 1 unspecified atom stereocenters. The molecule has 3 atom stereocenters. The van der Waals surface area contributed by atoms with E-state index in [2.05, 4.69) is 25.7 Å². The van der Waals surface area contributed by atoms with Gasteiger partial charge in [0.15, 0.2) is 0 Å². The lowest BCUT2D eigenvalue weighted by Crippen LogP contribution is -2.46. The number of nitrogens with one attached hydrogen (secondary N) is 3. The number of hydrogen-bond acceptors (Lipinski definition) is 6. The van der Waals surface area contributed by atoms with Crippen molar-refractivity contribution in [1.82, 2.24) is 15.2 Å². The van der Waals surface area contributed by atoms with Crippen LogP contribution in [0.1, 0.15) is 37.7 Å². The fraction of sp³-hybridized carbons (Fsp3) is 0.417. The van der Waals surface area contributed by atoms with Crippen molar-refractivity contribution in [3.05, 3.63) is 52.9 Å². The summed E-state index contributed by atoms with van der Waals surface area (Å²) < 4.78 is 35.7. The molecule has 7 nitrogen and oxygen atoms in total. The number of hydrogen-bond donors (Lipinski definition) is 3. The lowest BCUT2D eigenvalue weighted by Gasteiger charge is -2.37. The first-order valence-electron chi connectivity index (χ1n) is 11.1. The summed E-state index contributed by atoms with van der Waals surface area (Å²) in [7, 11) is 0. The summed E-state index contributed by atoms with van der Waals surface area (Å²) in [5.74, 6) is -0.452. The highest BCUT2D eigenvalue weighted by Crippen LogP contribution is 2.45. The van der Waals surface area contributed by atoms with Crippen LogP contribution in [0.3, 0.4) is 0 Å². The van der Waals surface area contributed by atoms with E-state index in [0.29, 0.717) is 22.8 Å². The number of anilines is 3. The standard InChI is InChI=1S/C24H28F2N6O/c1-12-10-32(11-13(2)33-12)19-9-16-21(14(3)27-19)28-24(5,20-17(25)7-6-8-18(20)26)29-22-15(4)30-31-23(16)22/h6-9,12-13,28-29H,10-11H2,1-5H3,(H,30,31)/t12-,13-,24?/m0/s1. The van der Waals surface area contributed by atoms with Crippen LogP contribution in [-0.4, -0.2) is 40.5 Å². The molecule has 4 heterocycles. The molecule has 0 radical (unpaired) electrons. The molecule has 3 N–H and O–H groups in total. The number of aromatic amines is 1. The second kappa shape index (κ2) is 7.69. The molecule has 0 spiro atoms. The molecule has 0 aliphatic carbocycles. The van der Waals surface area contributed by atoms with Crippen LogP contribution in [0.2, 0.25) is 0 Å². The van der Waals surface area contributed by atoms with E-state index < -0.39 is 17.3 Å². The Hall–Kier alpha value is -3.20. The normalized spacial score (nSPS) is 24.4. The minimum atomic E-state index is -1.28. The first-order valence-corrected chi connectivity index (χ1v) is 11.1. The maximum absolute atomic E-state index is 14.9. The van der Waals surface area contributed by atoms with Crippen LogP contribution in [0, 0.1) is 25.5 Å². The molecular formula is C24H28F2N6O. The fourth-order valence-electron chi connectivity index (χ4n) is 4.94. The van der Waals surface area contributed by atoms with Crippen LogP contribution in [-0.2, 0) is 10.4 Å². The van der Waals surface area contributed by atoms with Crippen molar-refractivity contribution >= 4 is 17.2 Å². The van der Waals surface area contributed by atoms with Gasteiger partial charge in [0, 0.05) is 18.7 Å². The van der Waals surface area contributed by atoms with E-state index in [4.69, 9.17) is 9.72 Å². The Morgan fingerprint density at radius 3 is 2.36 bits per heavy atom. The van der Waals surface area contributed by atoms with Crippen LogP contribution in [0.4, 0.5) is 26.0 Å². The third kappa shape index (κ3) is 3.60. The number of aryl methyl sites for hydroxylation is 2. The van der Waals surface area contributed by atoms with E-state index >= 15 is 0 Å². The number of aromatic nitrogens is 3. The van der Waals surface area contributed by atoms with Crippen molar-refractivity contribution in [2.75, 3.05) is 28.6 Å². The van der Waals surface area contributed by atoms with Crippen LogP contribution in [0.25, 0.3) is 11.3 Å². The zero-order valence-corrected chi connectivity index (χ0v) is 19.4. The third-order valence-electron chi connectivity index (χ3n) is 6.35. The minimum Gasteiger partial charge on any atom is -0.372 e. The number of fused-ring (bicyclic) bond motifs is 3. The first kappa shape index (κ1) is 21.6. The molecule has 33 heavy (non-hydrogen) atoms. The number of pyridine rings is 1. The smallest absolute Gasteiger partial charge is 0.137 e. The summed E-state index contributed by atoms with van der Waals surface area (Å²) in [6.07, 6.45) is 0.176. The minimum absolute atomic E-state index is 0.0879. The molecule has 2 aromatic heterocycles. The van der Waals surface area contributed by atoms with Crippen molar-refractivity contribution in [2.45, 2.75) is 52.5 Å². The molecule has 5 rings (SSSR count). The second-order valence-corrected chi connectivity index (χ2v) is 9.19. The summed E-state index contributed by atoms with van der Waals surface area (Å²) in [5.41, 5.74) is 2.97. The van der Waals surface area contributed by atoms with E-state index in [1.165, 1.54) is 18.2 Å². The Morgan fingerprint density at radius 1 is 1.06 bits per heavy atom. The highest BCUT2D eigenvalue weighted by molar-refractivity contribution is 5.90.